The maximum atomic E-state index is 12.0. The van der Waals surface area contributed by atoms with E-state index in [1.54, 1.807) is 7.05 Å². The van der Waals surface area contributed by atoms with Crippen molar-refractivity contribution in [1.82, 2.24) is 10.2 Å². The number of carbonyl (C=O) groups excluding carboxylic acids is 2. The van der Waals surface area contributed by atoms with E-state index < -0.39 is 0 Å². The number of amides is 2. The molecule has 2 rings (SSSR count). The van der Waals surface area contributed by atoms with Gasteiger partial charge in [-0.3, -0.25) is 4.79 Å². The van der Waals surface area contributed by atoms with Crippen molar-refractivity contribution >= 4 is 12.0 Å². The molecule has 0 radical (unpaired) electrons. The zero-order chi connectivity index (χ0) is 14.7. The van der Waals surface area contributed by atoms with E-state index in [1.807, 2.05) is 24.3 Å². The highest BCUT2D eigenvalue weighted by molar-refractivity contribution is 5.94. The average molecular weight is 276 g/mol. The standard InChI is InChI=1S/C15H20N2O3/c1-10(2)11-4-6-12(7-5-11)14(18)16-8-13-9-17(3)15(19)20-13/h4-7,10,13H,8-9H2,1-3H3,(H,16,18). The molecule has 108 valence electrons. The summed E-state index contributed by atoms with van der Waals surface area (Å²) in [4.78, 5) is 24.7. The van der Waals surface area contributed by atoms with Crippen molar-refractivity contribution in [1.29, 1.82) is 0 Å². The molecule has 1 unspecified atom stereocenters. The lowest BCUT2D eigenvalue weighted by Gasteiger charge is -2.10. The van der Waals surface area contributed by atoms with Crippen LogP contribution in [0.4, 0.5) is 4.79 Å². The summed E-state index contributed by atoms with van der Waals surface area (Å²) in [6.45, 7) is 5.06. The van der Waals surface area contributed by atoms with Gasteiger partial charge in [-0.25, -0.2) is 4.79 Å². The maximum absolute atomic E-state index is 12.0. The zero-order valence-electron chi connectivity index (χ0n) is 12.1. The van der Waals surface area contributed by atoms with Gasteiger partial charge in [0.2, 0.25) is 0 Å². The van der Waals surface area contributed by atoms with Gasteiger partial charge in [-0.05, 0) is 23.6 Å². The van der Waals surface area contributed by atoms with Crippen molar-refractivity contribution < 1.29 is 14.3 Å². The van der Waals surface area contributed by atoms with E-state index >= 15 is 0 Å². The smallest absolute Gasteiger partial charge is 0.410 e. The summed E-state index contributed by atoms with van der Waals surface area (Å²) in [5, 5.41) is 2.79. The number of cyclic esters (lactones) is 1. The van der Waals surface area contributed by atoms with Gasteiger partial charge in [0.25, 0.3) is 5.91 Å². The molecule has 5 heteroatoms. The first-order valence-electron chi connectivity index (χ1n) is 6.77. The van der Waals surface area contributed by atoms with Crippen LogP contribution in [0.5, 0.6) is 0 Å². The summed E-state index contributed by atoms with van der Waals surface area (Å²) in [6.07, 6.45) is -0.614. The van der Waals surface area contributed by atoms with Gasteiger partial charge in [-0.1, -0.05) is 26.0 Å². The van der Waals surface area contributed by atoms with Gasteiger partial charge in [0.05, 0.1) is 13.1 Å². The lowest BCUT2D eigenvalue weighted by molar-refractivity contribution is 0.0915. The van der Waals surface area contributed by atoms with Crippen LogP contribution < -0.4 is 5.32 Å². The molecule has 0 aromatic heterocycles. The Labute approximate surface area is 118 Å². The monoisotopic (exact) mass is 276 g/mol. The molecule has 1 N–H and O–H groups in total. The van der Waals surface area contributed by atoms with Crippen LogP contribution in [0.15, 0.2) is 24.3 Å². The number of rotatable bonds is 4. The Kier molecular flexibility index (Phi) is 4.27. The Balaban J connectivity index is 1.87. The Morgan fingerprint density at radius 1 is 1.40 bits per heavy atom. The number of nitrogens with zero attached hydrogens (tertiary/aromatic N) is 1. The van der Waals surface area contributed by atoms with Crippen molar-refractivity contribution in [2.45, 2.75) is 25.9 Å². The predicted molar refractivity (Wildman–Crippen MR) is 75.8 cm³/mol. The van der Waals surface area contributed by atoms with E-state index in [0.717, 1.165) is 0 Å². The van der Waals surface area contributed by atoms with E-state index in [9.17, 15) is 9.59 Å². The van der Waals surface area contributed by atoms with Gasteiger partial charge in [-0.2, -0.15) is 0 Å². The van der Waals surface area contributed by atoms with Crippen LogP contribution in [-0.4, -0.2) is 43.1 Å². The van der Waals surface area contributed by atoms with E-state index in [2.05, 4.69) is 19.2 Å². The molecular weight excluding hydrogens is 256 g/mol. The number of carbonyl (C=O) groups is 2. The molecule has 1 saturated heterocycles. The van der Waals surface area contributed by atoms with E-state index in [1.165, 1.54) is 10.5 Å². The molecule has 1 atom stereocenters. The van der Waals surface area contributed by atoms with E-state index in [4.69, 9.17) is 4.74 Å². The highest BCUT2D eigenvalue weighted by Gasteiger charge is 2.28. The first-order valence-corrected chi connectivity index (χ1v) is 6.77. The van der Waals surface area contributed by atoms with Crippen molar-refractivity contribution in [2.24, 2.45) is 0 Å². The molecule has 1 aromatic rings. The second-order valence-electron chi connectivity index (χ2n) is 5.37. The van der Waals surface area contributed by atoms with Crippen LogP contribution in [0.1, 0.15) is 35.7 Å². The molecular formula is C15H20N2O3. The normalized spacial score (nSPS) is 18.3. The number of hydrogen-bond acceptors (Lipinski definition) is 3. The molecule has 0 aliphatic carbocycles. The minimum atomic E-state index is -0.342. The number of benzene rings is 1. The molecule has 0 saturated carbocycles. The fraction of sp³-hybridized carbons (Fsp3) is 0.467. The molecule has 1 aromatic carbocycles. The van der Waals surface area contributed by atoms with Crippen molar-refractivity contribution in [2.75, 3.05) is 20.1 Å². The molecule has 1 aliphatic heterocycles. The number of hydrogen-bond donors (Lipinski definition) is 1. The topological polar surface area (TPSA) is 58.6 Å². The number of likely N-dealkylation sites (N-methyl/N-ethyl adjacent to an activating group) is 1. The van der Waals surface area contributed by atoms with E-state index in [-0.39, 0.29) is 18.1 Å². The quantitative estimate of drug-likeness (QED) is 0.915. The third kappa shape index (κ3) is 3.29. The van der Waals surface area contributed by atoms with Gasteiger partial charge >= 0.3 is 6.09 Å². The van der Waals surface area contributed by atoms with Crippen molar-refractivity contribution in [3.8, 4) is 0 Å². The Morgan fingerprint density at radius 3 is 2.55 bits per heavy atom. The predicted octanol–water partition coefficient (Wildman–Crippen LogP) is 1.99. The summed E-state index contributed by atoms with van der Waals surface area (Å²) in [7, 11) is 1.68. The molecule has 1 fully saturated rings. The Morgan fingerprint density at radius 2 is 2.05 bits per heavy atom. The lowest BCUT2D eigenvalue weighted by atomic mass is 10.0. The minimum Gasteiger partial charge on any atom is -0.442 e. The molecule has 0 spiro atoms. The Bertz CT molecular complexity index is 496. The lowest BCUT2D eigenvalue weighted by Crippen LogP contribution is -2.34. The molecule has 1 aliphatic rings. The number of ether oxygens (including phenoxy) is 1. The maximum Gasteiger partial charge on any atom is 0.410 e. The molecule has 0 bridgehead atoms. The second-order valence-corrected chi connectivity index (χ2v) is 5.37. The summed E-state index contributed by atoms with van der Waals surface area (Å²) in [6, 6.07) is 7.56. The van der Waals surface area contributed by atoms with Gasteiger partial charge in [-0.15, -0.1) is 0 Å². The van der Waals surface area contributed by atoms with Crippen LogP contribution in [0, 0.1) is 0 Å². The average Bonchev–Trinajstić information content (AvgIpc) is 2.75. The molecule has 5 nitrogen and oxygen atoms in total. The third-order valence-corrected chi connectivity index (χ3v) is 3.39. The fourth-order valence-corrected chi connectivity index (χ4v) is 2.08. The first kappa shape index (κ1) is 14.4. The van der Waals surface area contributed by atoms with Crippen LogP contribution in [0.2, 0.25) is 0 Å². The first-order chi connectivity index (χ1) is 9.47. The van der Waals surface area contributed by atoms with Crippen LogP contribution in [0.25, 0.3) is 0 Å². The fourth-order valence-electron chi connectivity index (χ4n) is 2.08. The highest BCUT2D eigenvalue weighted by atomic mass is 16.6. The summed E-state index contributed by atoms with van der Waals surface area (Å²) < 4.78 is 5.08. The van der Waals surface area contributed by atoms with Crippen molar-refractivity contribution in [3.63, 3.8) is 0 Å². The highest BCUT2D eigenvalue weighted by Crippen LogP contribution is 2.14. The van der Waals surface area contributed by atoms with Gasteiger partial charge < -0.3 is 15.0 Å². The van der Waals surface area contributed by atoms with Crippen LogP contribution >= 0.6 is 0 Å². The zero-order valence-corrected chi connectivity index (χ0v) is 12.1. The van der Waals surface area contributed by atoms with Gasteiger partial charge in [0.15, 0.2) is 0 Å². The van der Waals surface area contributed by atoms with E-state index in [0.29, 0.717) is 24.6 Å². The molecule has 2 amide bonds. The van der Waals surface area contributed by atoms with Crippen molar-refractivity contribution in [3.05, 3.63) is 35.4 Å². The number of nitrogens with one attached hydrogen (secondary N) is 1. The summed E-state index contributed by atoms with van der Waals surface area (Å²) >= 11 is 0. The molecule has 1 heterocycles. The summed E-state index contributed by atoms with van der Waals surface area (Å²) in [5.41, 5.74) is 1.82. The minimum absolute atomic E-state index is 0.147. The second kappa shape index (κ2) is 5.94. The van der Waals surface area contributed by atoms with Crippen LogP contribution in [-0.2, 0) is 4.74 Å². The van der Waals surface area contributed by atoms with Gasteiger partial charge in [0, 0.05) is 12.6 Å². The molecule has 20 heavy (non-hydrogen) atoms. The SMILES string of the molecule is CC(C)c1ccc(C(=O)NCC2CN(C)C(=O)O2)cc1. The Hall–Kier alpha value is -2.04. The summed E-state index contributed by atoms with van der Waals surface area (Å²) in [5.74, 6) is 0.298. The largest absolute Gasteiger partial charge is 0.442 e. The van der Waals surface area contributed by atoms with Crippen LogP contribution in [0.3, 0.4) is 0 Å². The third-order valence-electron chi connectivity index (χ3n) is 3.39. The van der Waals surface area contributed by atoms with Gasteiger partial charge in [0.1, 0.15) is 6.10 Å².